The van der Waals surface area contributed by atoms with Crippen LogP contribution in [0.25, 0.3) is 0 Å². The van der Waals surface area contributed by atoms with E-state index in [0.717, 1.165) is 37.2 Å². The Balaban J connectivity index is 3.10. The number of nitrogens with one attached hydrogen (secondary N) is 1. The Kier molecular flexibility index (Phi) is 7.00. The summed E-state index contributed by atoms with van der Waals surface area (Å²) in [6.07, 6.45) is 2.17. The van der Waals surface area contributed by atoms with Gasteiger partial charge < -0.3 is 10.2 Å². The van der Waals surface area contributed by atoms with E-state index in [-0.39, 0.29) is 11.9 Å². The van der Waals surface area contributed by atoms with Gasteiger partial charge in [-0.05, 0) is 63.9 Å². The van der Waals surface area contributed by atoms with Gasteiger partial charge in [0.15, 0.2) is 0 Å². The molecule has 1 atom stereocenters. The molecule has 1 aromatic carbocycles. The molecule has 1 N–H and O–H groups in total. The predicted molar refractivity (Wildman–Crippen MR) is 85.9 cm³/mol. The third-order valence-corrected chi connectivity index (χ3v) is 3.55. The first-order valence-corrected chi connectivity index (χ1v) is 7.80. The van der Waals surface area contributed by atoms with Gasteiger partial charge in [-0.25, -0.2) is 4.39 Å². The van der Waals surface area contributed by atoms with Crippen LogP contribution in [0, 0.1) is 5.82 Å². The Labute approximate surface area is 123 Å². The van der Waals surface area contributed by atoms with Crippen LogP contribution in [0.5, 0.6) is 0 Å². The summed E-state index contributed by atoms with van der Waals surface area (Å²) < 4.78 is 13.6. The highest BCUT2D eigenvalue weighted by Crippen LogP contribution is 2.29. The number of nitrogens with zero attached hydrogens (tertiary/aromatic N) is 1. The van der Waals surface area contributed by atoms with Crippen molar-refractivity contribution in [2.24, 2.45) is 0 Å². The lowest BCUT2D eigenvalue weighted by atomic mass is 10.0. The summed E-state index contributed by atoms with van der Waals surface area (Å²) >= 11 is 0. The van der Waals surface area contributed by atoms with Crippen molar-refractivity contribution in [1.82, 2.24) is 5.32 Å². The first-order valence-electron chi connectivity index (χ1n) is 7.80. The topological polar surface area (TPSA) is 15.3 Å². The quantitative estimate of drug-likeness (QED) is 0.753. The summed E-state index contributed by atoms with van der Waals surface area (Å²) in [6.45, 7) is 12.8. The van der Waals surface area contributed by atoms with Crippen molar-refractivity contribution in [1.29, 1.82) is 0 Å². The van der Waals surface area contributed by atoms with E-state index < -0.39 is 0 Å². The van der Waals surface area contributed by atoms with Gasteiger partial charge in [0, 0.05) is 24.3 Å². The van der Waals surface area contributed by atoms with Crippen LogP contribution in [0.4, 0.5) is 10.1 Å². The molecule has 1 unspecified atom stereocenters. The molecule has 20 heavy (non-hydrogen) atoms. The van der Waals surface area contributed by atoms with E-state index >= 15 is 0 Å². The molecule has 1 rings (SSSR count). The number of halogens is 1. The summed E-state index contributed by atoms with van der Waals surface area (Å²) in [5, 5.41) is 3.46. The van der Waals surface area contributed by atoms with Crippen LogP contribution in [0.2, 0.25) is 0 Å². The van der Waals surface area contributed by atoms with Crippen molar-refractivity contribution in [3.05, 3.63) is 29.6 Å². The van der Waals surface area contributed by atoms with E-state index in [1.54, 1.807) is 12.1 Å². The largest absolute Gasteiger partial charge is 0.369 e. The van der Waals surface area contributed by atoms with Crippen LogP contribution in [-0.2, 0) is 0 Å². The molecule has 0 radical (unpaired) electrons. The van der Waals surface area contributed by atoms with E-state index in [4.69, 9.17) is 0 Å². The Morgan fingerprint density at radius 2 is 1.85 bits per heavy atom. The van der Waals surface area contributed by atoms with Crippen LogP contribution >= 0.6 is 0 Å². The SMILES string of the molecule is CCCNC(C)c1cc(F)ccc1N(CCC)C(C)C. The Bertz CT molecular complexity index is 404. The Morgan fingerprint density at radius 3 is 2.40 bits per heavy atom. The standard InChI is InChI=1S/C17H29FN2/c1-6-10-19-14(5)16-12-15(18)8-9-17(16)20(11-7-2)13(3)4/h8-9,12-14,19H,6-7,10-11H2,1-5H3. The van der Waals surface area contributed by atoms with Crippen molar-refractivity contribution in [3.63, 3.8) is 0 Å². The molecule has 0 aliphatic heterocycles. The fourth-order valence-electron chi connectivity index (χ4n) is 2.50. The van der Waals surface area contributed by atoms with E-state index in [9.17, 15) is 4.39 Å². The summed E-state index contributed by atoms with van der Waals surface area (Å²) in [7, 11) is 0. The van der Waals surface area contributed by atoms with Gasteiger partial charge >= 0.3 is 0 Å². The first-order chi connectivity index (χ1) is 9.51. The fraction of sp³-hybridized carbons (Fsp3) is 0.647. The van der Waals surface area contributed by atoms with E-state index in [0.29, 0.717) is 6.04 Å². The second-order valence-electron chi connectivity index (χ2n) is 5.67. The third kappa shape index (κ3) is 4.48. The zero-order chi connectivity index (χ0) is 15.1. The lowest BCUT2D eigenvalue weighted by Crippen LogP contribution is -2.33. The van der Waals surface area contributed by atoms with Gasteiger partial charge in [0.05, 0.1) is 0 Å². The second-order valence-corrected chi connectivity index (χ2v) is 5.67. The van der Waals surface area contributed by atoms with Crippen LogP contribution < -0.4 is 10.2 Å². The van der Waals surface area contributed by atoms with E-state index in [1.807, 2.05) is 6.07 Å². The molecule has 0 spiro atoms. The van der Waals surface area contributed by atoms with Crippen molar-refractivity contribution in [2.45, 2.75) is 59.5 Å². The van der Waals surface area contributed by atoms with E-state index in [1.165, 1.54) is 0 Å². The van der Waals surface area contributed by atoms with Crippen LogP contribution in [0.3, 0.4) is 0 Å². The van der Waals surface area contributed by atoms with Gasteiger partial charge in [-0.2, -0.15) is 0 Å². The number of hydrogen-bond acceptors (Lipinski definition) is 2. The van der Waals surface area contributed by atoms with Gasteiger partial charge in [-0.3, -0.25) is 0 Å². The molecular formula is C17H29FN2. The molecule has 0 aromatic heterocycles. The average molecular weight is 280 g/mol. The summed E-state index contributed by atoms with van der Waals surface area (Å²) in [4.78, 5) is 2.36. The summed E-state index contributed by atoms with van der Waals surface area (Å²) in [6, 6.07) is 5.74. The lowest BCUT2D eigenvalue weighted by Gasteiger charge is -2.32. The molecule has 3 heteroatoms. The third-order valence-electron chi connectivity index (χ3n) is 3.55. The smallest absolute Gasteiger partial charge is 0.123 e. The van der Waals surface area contributed by atoms with Crippen molar-refractivity contribution < 1.29 is 4.39 Å². The van der Waals surface area contributed by atoms with Crippen LogP contribution in [0.15, 0.2) is 18.2 Å². The Morgan fingerprint density at radius 1 is 1.15 bits per heavy atom. The van der Waals surface area contributed by atoms with Crippen molar-refractivity contribution in [3.8, 4) is 0 Å². The maximum absolute atomic E-state index is 13.6. The van der Waals surface area contributed by atoms with Crippen molar-refractivity contribution in [2.75, 3.05) is 18.0 Å². The monoisotopic (exact) mass is 280 g/mol. The van der Waals surface area contributed by atoms with Gasteiger partial charge in [0.1, 0.15) is 5.82 Å². The fourth-order valence-corrected chi connectivity index (χ4v) is 2.50. The molecule has 2 nitrogen and oxygen atoms in total. The molecule has 1 aromatic rings. The molecule has 0 bridgehead atoms. The molecule has 0 heterocycles. The minimum atomic E-state index is -0.158. The van der Waals surface area contributed by atoms with Gasteiger partial charge in [0.25, 0.3) is 0 Å². The highest BCUT2D eigenvalue weighted by Gasteiger charge is 2.17. The maximum Gasteiger partial charge on any atom is 0.123 e. The summed E-state index contributed by atoms with van der Waals surface area (Å²) in [5.41, 5.74) is 2.21. The van der Waals surface area contributed by atoms with Gasteiger partial charge in [-0.1, -0.05) is 13.8 Å². The molecule has 0 fully saturated rings. The van der Waals surface area contributed by atoms with Crippen molar-refractivity contribution >= 4 is 5.69 Å². The van der Waals surface area contributed by atoms with Crippen LogP contribution in [0.1, 0.15) is 59.1 Å². The molecule has 0 amide bonds. The number of rotatable bonds is 8. The molecule has 0 saturated carbocycles. The van der Waals surface area contributed by atoms with E-state index in [2.05, 4.69) is 44.8 Å². The van der Waals surface area contributed by atoms with Crippen LogP contribution in [-0.4, -0.2) is 19.1 Å². The van der Waals surface area contributed by atoms with Gasteiger partial charge in [0.2, 0.25) is 0 Å². The normalized spacial score (nSPS) is 12.8. The maximum atomic E-state index is 13.6. The first kappa shape index (κ1) is 17.0. The highest BCUT2D eigenvalue weighted by atomic mass is 19.1. The summed E-state index contributed by atoms with van der Waals surface area (Å²) in [5.74, 6) is -0.158. The molecule has 0 saturated heterocycles. The molecular weight excluding hydrogens is 251 g/mol. The minimum Gasteiger partial charge on any atom is -0.369 e. The molecule has 0 aliphatic carbocycles. The average Bonchev–Trinajstić information content (AvgIpc) is 2.42. The number of benzene rings is 1. The zero-order valence-electron chi connectivity index (χ0n) is 13.5. The molecule has 0 aliphatic rings. The second kappa shape index (κ2) is 8.25. The zero-order valence-corrected chi connectivity index (χ0v) is 13.5. The number of hydrogen-bond donors (Lipinski definition) is 1. The lowest BCUT2D eigenvalue weighted by molar-refractivity contribution is 0.557. The molecule has 114 valence electrons. The van der Waals surface area contributed by atoms with Gasteiger partial charge in [-0.15, -0.1) is 0 Å². The predicted octanol–water partition coefficient (Wildman–Crippen LogP) is 4.51. The highest BCUT2D eigenvalue weighted by molar-refractivity contribution is 5.55. The minimum absolute atomic E-state index is 0.158. The number of anilines is 1. The Hall–Kier alpha value is -1.09.